The predicted molar refractivity (Wildman–Crippen MR) is 129 cm³/mol. The summed E-state index contributed by atoms with van der Waals surface area (Å²) >= 11 is 12.4. The summed E-state index contributed by atoms with van der Waals surface area (Å²) in [6.07, 6.45) is 2.10. The number of hydrogen-bond donors (Lipinski definition) is 1. The number of likely N-dealkylation sites (tertiary alicyclic amines) is 1. The number of rotatable bonds is 4. The molecule has 1 amide bonds. The Kier molecular flexibility index (Phi) is 5.85. The van der Waals surface area contributed by atoms with Crippen molar-refractivity contribution in [3.63, 3.8) is 0 Å². The van der Waals surface area contributed by atoms with Crippen molar-refractivity contribution in [3.8, 4) is 5.75 Å². The van der Waals surface area contributed by atoms with Gasteiger partial charge in [0.05, 0.1) is 22.3 Å². The Bertz CT molecular complexity index is 1120. The van der Waals surface area contributed by atoms with E-state index in [2.05, 4.69) is 46.6 Å². The smallest absolute Gasteiger partial charge is 0.255 e. The molecule has 0 saturated carbocycles. The number of carbonyl (C=O) groups excluding carboxylic acids is 1. The average molecular weight is 467 g/mol. The molecule has 2 aliphatic rings. The molecule has 0 bridgehead atoms. The molecule has 4 nitrogen and oxygen atoms in total. The summed E-state index contributed by atoms with van der Waals surface area (Å²) in [5.41, 5.74) is 3.54. The van der Waals surface area contributed by atoms with Crippen LogP contribution in [0.1, 0.15) is 34.3 Å². The van der Waals surface area contributed by atoms with Gasteiger partial charge in [0.1, 0.15) is 5.75 Å². The van der Waals surface area contributed by atoms with E-state index >= 15 is 0 Å². The van der Waals surface area contributed by atoms with Crippen molar-refractivity contribution in [1.82, 2.24) is 4.90 Å². The largest absolute Gasteiger partial charge is 0.492 e. The highest BCUT2D eigenvalue weighted by atomic mass is 35.5. The van der Waals surface area contributed by atoms with E-state index in [1.165, 1.54) is 11.1 Å². The van der Waals surface area contributed by atoms with Gasteiger partial charge in [0, 0.05) is 23.1 Å². The zero-order valence-corrected chi connectivity index (χ0v) is 19.1. The van der Waals surface area contributed by atoms with Gasteiger partial charge in [0.2, 0.25) is 0 Å². The fourth-order valence-electron chi connectivity index (χ4n) is 4.71. The van der Waals surface area contributed by atoms with Crippen LogP contribution >= 0.6 is 23.2 Å². The van der Waals surface area contributed by atoms with Crippen LogP contribution in [0.4, 0.5) is 5.69 Å². The molecule has 5 rings (SSSR count). The second-order valence-electron chi connectivity index (χ2n) is 8.59. The summed E-state index contributed by atoms with van der Waals surface area (Å²) in [7, 11) is 0. The fraction of sp³-hybridized carbons (Fsp3) is 0.269. The van der Waals surface area contributed by atoms with Crippen molar-refractivity contribution in [2.24, 2.45) is 0 Å². The van der Waals surface area contributed by atoms with Crippen molar-refractivity contribution in [1.29, 1.82) is 0 Å². The zero-order valence-electron chi connectivity index (χ0n) is 17.6. The molecule has 2 aliphatic heterocycles. The van der Waals surface area contributed by atoms with Crippen LogP contribution in [0.15, 0.2) is 66.7 Å². The third-order valence-electron chi connectivity index (χ3n) is 6.58. The zero-order chi connectivity index (χ0) is 22.1. The summed E-state index contributed by atoms with van der Waals surface area (Å²) < 4.78 is 6.08. The van der Waals surface area contributed by atoms with E-state index in [-0.39, 0.29) is 11.3 Å². The van der Waals surface area contributed by atoms with Gasteiger partial charge in [-0.15, -0.1) is 0 Å². The number of fused-ring (bicyclic) bond motifs is 2. The molecule has 0 atom stereocenters. The molecule has 3 aromatic carbocycles. The molecule has 1 spiro atoms. The summed E-state index contributed by atoms with van der Waals surface area (Å²) in [6, 6.07) is 21.5. The first-order valence-corrected chi connectivity index (χ1v) is 11.6. The molecule has 164 valence electrons. The highest BCUT2D eigenvalue weighted by Gasteiger charge is 2.43. The van der Waals surface area contributed by atoms with Crippen molar-refractivity contribution >= 4 is 34.8 Å². The van der Waals surface area contributed by atoms with Gasteiger partial charge in [0.25, 0.3) is 5.91 Å². The second-order valence-corrected chi connectivity index (χ2v) is 9.41. The first kappa shape index (κ1) is 21.3. The Labute approximate surface area is 198 Å². The third kappa shape index (κ3) is 4.11. The molecule has 6 heteroatoms. The molecule has 1 N–H and O–H groups in total. The van der Waals surface area contributed by atoms with E-state index in [1.807, 2.05) is 12.1 Å². The Morgan fingerprint density at radius 1 is 0.969 bits per heavy atom. The number of benzene rings is 3. The van der Waals surface area contributed by atoms with Gasteiger partial charge >= 0.3 is 0 Å². The van der Waals surface area contributed by atoms with E-state index in [1.54, 1.807) is 18.2 Å². The minimum absolute atomic E-state index is 0.0313. The summed E-state index contributed by atoms with van der Waals surface area (Å²) in [5, 5.41) is 3.63. The SMILES string of the molecule is O=C(Nc1c(Cl)cccc1Cl)c1ccc2c(c1)OCC21CCN(Cc2ccccc2)CC1. The number of anilines is 1. The molecular formula is C26H24Cl2N2O2. The number of amides is 1. The van der Waals surface area contributed by atoms with E-state index < -0.39 is 0 Å². The van der Waals surface area contributed by atoms with Gasteiger partial charge in [-0.25, -0.2) is 0 Å². The second kappa shape index (κ2) is 8.78. The topological polar surface area (TPSA) is 41.6 Å². The minimum Gasteiger partial charge on any atom is -0.492 e. The number of nitrogens with zero attached hydrogens (tertiary/aromatic N) is 1. The molecular weight excluding hydrogens is 443 g/mol. The van der Waals surface area contributed by atoms with E-state index in [9.17, 15) is 4.79 Å². The van der Waals surface area contributed by atoms with Gasteiger partial charge in [0.15, 0.2) is 0 Å². The van der Waals surface area contributed by atoms with E-state index in [0.29, 0.717) is 27.9 Å². The number of piperidine rings is 1. The van der Waals surface area contributed by atoms with Crippen molar-refractivity contribution < 1.29 is 9.53 Å². The maximum absolute atomic E-state index is 12.8. The maximum atomic E-state index is 12.8. The normalized spacial score (nSPS) is 17.1. The Balaban J connectivity index is 1.28. The predicted octanol–water partition coefficient (Wildman–Crippen LogP) is 6.17. The van der Waals surface area contributed by atoms with Crippen LogP contribution in [0.25, 0.3) is 0 Å². The molecule has 2 heterocycles. The fourth-order valence-corrected chi connectivity index (χ4v) is 5.20. The monoisotopic (exact) mass is 466 g/mol. The van der Waals surface area contributed by atoms with Gasteiger partial charge in [-0.3, -0.25) is 9.69 Å². The number of nitrogens with one attached hydrogen (secondary N) is 1. The van der Waals surface area contributed by atoms with E-state index in [0.717, 1.165) is 38.2 Å². The van der Waals surface area contributed by atoms with Crippen LogP contribution < -0.4 is 10.1 Å². The number of ether oxygens (including phenoxy) is 1. The standard InChI is InChI=1S/C26H24Cl2N2O2/c27-21-7-4-8-22(28)24(21)29-25(31)19-9-10-20-23(15-19)32-17-26(20)11-13-30(14-12-26)16-18-5-2-1-3-6-18/h1-10,15H,11-14,16-17H2,(H,29,31). The van der Waals surface area contributed by atoms with Crippen LogP contribution in [0.5, 0.6) is 5.75 Å². The van der Waals surface area contributed by atoms with Crippen LogP contribution in [0.3, 0.4) is 0 Å². The maximum Gasteiger partial charge on any atom is 0.255 e. The third-order valence-corrected chi connectivity index (χ3v) is 7.21. The molecule has 32 heavy (non-hydrogen) atoms. The number of para-hydroxylation sites is 1. The van der Waals surface area contributed by atoms with Crippen molar-refractivity contribution in [3.05, 3.63) is 93.5 Å². The minimum atomic E-state index is -0.259. The van der Waals surface area contributed by atoms with Gasteiger partial charge < -0.3 is 10.1 Å². The molecule has 1 fully saturated rings. The van der Waals surface area contributed by atoms with Crippen LogP contribution in [-0.2, 0) is 12.0 Å². The lowest BCUT2D eigenvalue weighted by Crippen LogP contribution is -2.43. The van der Waals surface area contributed by atoms with Gasteiger partial charge in [-0.05, 0) is 55.8 Å². The molecule has 0 aliphatic carbocycles. The molecule has 0 radical (unpaired) electrons. The van der Waals surface area contributed by atoms with Crippen LogP contribution in [0, 0.1) is 0 Å². The quantitative estimate of drug-likeness (QED) is 0.499. The number of carbonyl (C=O) groups is 1. The Hall–Kier alpha value is -2.53. The Morgan fingerprint density at radius 3 is 2.41 bits per heavy atom. The first-order valence-electron chi connectivity index (χ1n) is 10.8. The molecule has 0 unspecified atom stereocenters. The molecule has 1 saturated heterocycles. The number of halogens is 2. The van der Waals surface area contributed by atoms with E-state index in [4.69, 9.17) is 27.9 Å². The lowest BCUT2D eigenvalue weighted by molar-refractivity contribution is 0.102. The lowest BCUT2D eigenvalue weighted by Gasteiger charge is -2.38. The van der Waals surface area contributed by atoms with Crippen LogP contribution in [-0.4, -0.2) is 30.5 Å². The van der Waals surface area contributed by atoms with Gasteiger partial charge in [-0.2, -0.15) is 0 Å². The van der Waals surface area contributed by atoms with Crippen molar-refractivity contribution in [2.75, 3.05) is 25.0 Å². The summed E-state index contributed by atoms with van der Waals surface area (Å²) in [6.45, 7) is 3.72. The van der Waals surface area contributed by atoms with Crippen LogP contribution in [0.2, 0.25) is 10.0 Å². The number of hydrogen-bond acceptors (Lipinski definition) is 3. The summed E-state index contributed by atoms with van der Waals surface area (Å²) in [5.74, 6) is 0.546. The highest BCUT2D eigenvalue weighted by Crippen LogP contribution is 2.46. The highest BCUT2D eigenvalue weighted by molar-refractivity contribution is 6.40. The Morgan fingerprint density at radius 2 is 1.69 bits per heavy atom. The average Bonchev–Trinajstić information content (AvgIpc) is 3.16. The summed E-state index contributed by atoms with van der Waals surface area (Å²) in [4.78, 5) is 15.3. The molecule has 0 aromatic heterocycles. The first-order chi connectivity index (χ1) is 15.5. The van der Waals surface area contributed by atoms with Crippen molar-refractivity contribution in [2.45, 2.75) is 24.8 Å². The van der Waals surface area contributed by atoms with Gasteiger partial charge in [-0.1, -0.05) is 65.7 Å². The lowest BCUT2D eigenvalue weighted by atomic mass is 9.74. The molecule has 3 aromatic rings.